The molecule has 0 unspecified atom stereocenters. The molecule has 150 valence electrons. The molecule has 3 rings (SSSR count). The van der Waals surface area contributed by atoms with Crippen molar-refractivity contribution in [1.82, 2.24) is 10.2 Å². The van der Waals surface area contributed by atoms with E-state index in [0.29, 0.717) is 28.8 Å². The molecule has 1 amide bonds. The Hall–Kier alpha value is -3.81. The summed E-state index contributed by atoms with van der Waals surface area (Å²) in [7, 11) is 3.17. The van der Waals surface area contributed by atoms with E-state index in [0.717, 1.165) is 5.75 Å². The zero-order valence-corrected chi connectivity index (χ0v) is 16.2. The second kappa shape index (κ2) is 9.93. The van der Waals surface area contributed by atoms with Gasteiger partial charge in [-0.1, -0.05) is 18.2 Å². The molecule has 1 aromatic heterocycles. The molecule has 8 heteroatoms. The summed E-state index contributed by atoms with van der Waals surface area (Å²) in [4.78, 5) is 12.0. The second-order valence-corrected chi connectivity index (χ2v) is 5.95. The summed E-state index contributed by atoms with van der Waals surface area (Å²) < 4.78 is 16.1. The standard InChI is InChI=1S/C21H22N4O4/c1-27-16-8-9-18(28-2)17(14-16)22-19-10-11-20(25-24-19)23-21(26)12-13-29-15-6-4-3-5-7-15/h3-11,14H,12-13H2,1-2H3,(H,22,24)(H,23,25,26). The van der Waals surface area contributed by atoms with Crippen molar-refractivity contribution in [3.8, 4) is 17.2 Å². The maximum absolute atomic E-state index is 12.0. The summed E-state index contributed by atoms with van der Waals surface area (Å²) in [5, 5.41) is 13.9. The summed E-state index contributed by atoms with van der Waals surface area (Å²) in [5.41, 5.74) is 0.691. The zero-order valence-electron chi connectivity index (χ0n) is 16.2. The Bertz CT molecular complexity index is 933. The smallest absolute Gasteiger partial charge is 0.229 e. The minimum absolute atomic E-state index is 0.203. The number of methoxy groups -OCH3 is 2. The number of hydrogen-bond donors (Lipinski definition) is 2. The Labute approximate surface area is 168 Å². The second-order valence-electron chi connectivity index (χ2n) is 5.95. The van der Waals surface area contributed by atoms with Gasteiger partial charge in [-0.25, -0.2) is 0 Å². The lowest BCUT2D eigenvalue weighted by atomic mass is 10.2. The summed E-state index contributed by atoms with van der Waals surface area (Å²) in [6, 6.07) is 18.1. The van der Waals surface area contributed by atoms with Crippen molar-refractivity contribution in [1.29, 1.82) is 0 Å². The first-order chi connectivity index (χ1) is 14.2. The van der Waals surface area contributed by atoms with E-state index in [2.05, 4.69) is 20.8 Å². The lowest BCUT2D eigenvalue weighted by Crippen LogP contribution is -2.16. The fourth-order valence-electron chi connectivity index (χ4n) is 2.50. The number of carbonyl (C=O) groups is 1. The predicted octanol–water partition coefficient (Wildman–Crippen LogP) is 3.65. The fourth-order valence-corrected chi connectivity index (χ4v) is 2.50. The third-order valence-corrected chi connectivity index (χ3v) is 3.94. The molecule has 29 heavy (non-hydrogen) atoms. The van der Waals surface area contributed by atoms with Gasteiger partial charge in [0.25, 0.3) is 0 Å². The molecule has 0 radical (unpaired) electrons. The molecule has 8 nitrogen and oxygen atoms in total. The normalized spacial score (nSPS) is 10.1. The highest BCUT2D eigenvalue weighted by molar-refractivity contribution is 5.89. The third kappa shape index (κ3) is 5.83. The van der Waals surface area contributed by atoms with Gasteiger partial charge < -0.3 is 24.8 Å². The molecule has 0 spiro atoms. The number of benzene rings is 2. The van der Waals surface area contributed by atoms with Crippen molar-refractivity contribution in [2.45, 2.75) is 6.42 Å². The van der Waals surface area contributed by atoms with E-state index in [4.69, 9.17) is 14.2 Å². The van der Waals surface area contributed by atoms with Gasteiger partial charge in [-0.3, -0.25) is 4.79 Å². The highest BCUT2D eigenvalue weighted by Gasteiger charge is 2.08. The Morgan fingerprint density at radius 2 is 1.66 bits per heavy atom. The summed E-state index contributed by atoms with van der Waals surface area (Å²) >= 11 is 0. The Kier molecular flexibility index (Phi) is 6.83. The van der Waals surface area contributed by atoms with Gasteiger partial charge in [-0.2, -0.15) is 0 Å². The Morgan fingerprint density at radius 1 is 0.897 bits per heavy atom. The molecule has 0 aliphatic rings. The average Bonchev–Trinajstić information content (AvgIpc) is 2.76. The zero-order chi connectivity index (χ0) is 20.5. The topological polar surface area (TPSA) is 94.6 Å². The number of aromatic nitrogens is 2. The van der Waals surface area contributed by atoms with Gasteiger partial charge in [0.1, 0.15) is 17.2 Å². The number of anilines is 3. The quantitative estimate of drug-likeness (QED) is 0.572. The van der Waals surface area contributed by atoms with Crippen LogP contribution in [0.1, 0.15) is 6.42 Å². The maximum atomic E-state index is 12.0. The molecule has 1 heterocycles. The molecular weight excluding hydrogens is 372 g/mol. The van der Waals surface area contributed by atoms with Crippen molar-refractivity contribution >= 4 is 23.2 Å². The van der Waals surface area contributed by atoms with Crippen LogP contribution in [-0.4, -0.2) is 36.9 Å². The molecular formula is C21H22N4O4. The maximum Gasteiger partial charge on any atom is 0.229 e. The van der Waals surface area contributed by atoms with Gasteiger partial charge in [0.2, 0.25) is 5.91 Å². The molecule has 0 bridgehead atoms. The van der Waals surface area contributed by atoms with Crippen molar-refractivity contribution in [3.05, 3.63) is 60.7 Å². The highest BCUT2D eigenvalue weighted by Crippen LogP contribution is 2.30. The number of hydrogen-bond acceptors (Lipinski definition) is 7. The molecule has 0 fully saturated rings. The molecule has 3 aromatic rings. The predicted molar refractivity (Wildman–Crippen MR) is 110 cm³/mol. The van der Waals surface area contributed by atoms with Crippen LogP contribution >= 0.6 is 0 Å². The van der Waals surface area contributed by atoms with E-state index in [-0.39, 0.29) is 18.9 Å². The van der Waals surface area contributed by atoms with Crippen LogP contribution in [0.25, 0.3) is 0 Å². The first-order valence-corrected chi connectivity index (χ1v) is 8.98. The van der Waals surface area contributed by atoms with Gasteiger partial charge in [0.15, 0.2) is 11.6 Å². The van der Waals surface area contributed by atoms with Crippen LogP contribution in [0.4, 0.5) is 17.3 Å². The third-order valence-electron chi connectivity index (χ3n) is 3.94. The molecule has 0 aliphatic carbocycles. The number of rotatable bonds is 9. The van der Waals surface area contributed by atoms with E-state index >= 15 is 0 Å². The van der Waals surface area contributed by atoms with Gasteiger partial charge in [-0.05, 0) is 36.4 Å². The molecule has 0 saturated carbocycles. The molecule has 0 atom stereocenters. The van der Waals surface area contributed by atoms with Crippen molar-refractivity contribution in [3.63, 3.8) is 0 Å². The Morgan fingerprint density at radius 3 is 2.34 bits per heavy atom. The summed E-state index contributed by atoms with van der Waals surface area (Å²) in [6.45, 7) is 0.276. The first-order valence-electron chi connectivity index (χ1n) is 8.98. The van der Waals surface area contributed by atoms with E-state index in [1.807, 2.05) is 30.3 Å². The van der Waals surface area contributed by atoms with Crippen LogP contribution in [0.15, 0.2) is 60.7 Å². The van der Waals surface area contributed by atoms with E-state index in [1.54, 1.807) is 44.6 Å². The number of para-hydroxylation sites is 1. The number of nitrogens with zero attached hydrogens (tertiary/aromatic N) is 2. The van der Waals surface area contributed by atoms with Crippen molar-refractivity contribution in [2.75, 3.05) is 31.5 Å². The van der Waals surface area contributed by atoms with E-state index in [9.17, 15) is 4.79 Å². The molecule has 2 aromatic carbocycles. The summed E-state index contributed by atoms with van der Waals surface area (Å²) in [6.07, 6.45) is 0.206. The average molecular weight is 394 g/mol. The summed E-state index contributed by atoms with van der Waals surface area (Å²) in [5.74, 6) is 2.71. The number of amides is 1. The minimum atomic E-state index is -0.203. The lowest BCUT2D eigenvalue weighted by Gasteiger charge is -2.12. The van der Waals surface area contributed by atoms with Crippen LogP contribution in [0.5, 0.6) is 17.2 Å². The monoisotopic (exact) mass is 394 g/mol. The van der Waals surface area contributed by atoms with E-state index in [1.165, 1.54) is 0 Å². The Balaban J connectivity index is 1.53. The van der Waals surface area contributed by atoms with Crippen LogP contribution in [0.2, 0.25) is 0 Å². The van der Waals surface area contributed by atoms with Crippen molar-refractivity contribution < 1.29 is 19.0 Å². The minimum Gasteiger partial charge on any atom is -0.497 e. The molecule has 0 aliphatic heterocycles. The molecule has 2 N–H and O–H groups in total. The largest absolute Gasteiger partial charge is 0.497 e. The van der Waals surface area contributed by atoms with Crippen LogP contribution in [-0.2, 0) is 4.79 Å². The van der Waals surface area contributed by atoms with E-state index < -0.39 is 0 Å². The number of ether oxygens (including phenoxy) is 3. The first kappa shape index (κ1) is 19.9. The van der Waals surface area contributed by atoms with Crippen LogP contribution in [0, 0.1) is 0 Å². The van der Waals surface area contributed by atoms with Gasteiger partial charge in [0, 0.05) is 6.07 Å². The van der Waals surface area contributed by atoms with Crippen LogP contribution in [0.3, 0.4) is 0 Å². The van der Waals surface area contributed by atoms with Gasteiger partial charge in [-0.15, -0.1) is 10.2 Å². The highest BCUT2D eigenvalue weighted by atomic mass is 16.5. The number of nitrogens with one attached hydrogen (secondary N) is 2. The SMILES string of the molecule is COc1ccc(OC)c(Nc2ccc(NC(=O)CCOc3ccccc3)nn2)c1. The molecule has 0 saturated heterocycles. The van der Waals surface area contributed by atoms with Crippen LogP contribution < -0.4 is 24.8 Å². The lowest BCUT2D eigenvalue weighted by molar-refractivity contribution is -0.116. The van der Waals surface area contributed by atoms with Crippen molar-refractivity contribution in [2.24, 2.45) is 0 Å². The number of carbonyl (C=O) groups excluding carboxylic acids is 1. The van der Waals surface area contributed by atoms with Gasteiger partial charge >= 0.3 is 0 Å². The fraction of sp³-hybridized carbons (Fsp3) is 0.190. The van der Waals surface area contributed by atoms with Gasteiger partial charge in [0.05, 0.1) is 32.9 Å².